The smallest absolute Gasteiger partial charge is 0.396 e. The van der Waals surface area contributed by atoms with Crippen LogP contribution in [0.15, 0.2) is 60.7 Å². The van der Waals surface area contributed by atoms with Crippen molar-refractivity contribution in [2.45, 2.75) is 57.2 Å². The van der Waals surface area contributed by atoms with Gasteiger partial charge in [0.1, 0.15) is 0 Å². The number of alkyl halides is 3. The van der Waals surface area contributed by atoms with Crippen LogP contribution in [0.3, 0.4) is 0 Å². The van der Waals surface area contributed by atoms with Crippen molar-refractivity contribution >= 4 is 58.0 Å². The zero-order valence-corrected chi connectivity index (χ0v) is 34.1. The van der Waals surface area contributed by atoms with E-state index in [1.165, 1.54) is 12.1 Å². The second-order valence-electron chi connectivity index (χ2n) is 17.0. The number of nitrogens with one attached hydrogen (secondary N) is 2. The van der Waals surface area contributed by atoms with Crippen molar-refractivity contribution in [2.75, 3.05) is 74.1 Å². The Balaban J connectivity index is 0.817. The molecule has 0 radical (unpaired) electrons. The molecule has 1 aliphatic carbocycles. The Morgan fingerprint density at radius 1 is 0.774 bits per heavy atom. The largest absolute Gasteiger partial charge is 0.416 e. The number of urea groups is 1. The summed E-state index contributed by atoms with van der Waals surface area (Å²) in [7, 11) is 0. The minimum atomic E-state index is -4.58. The number of amides is 6. The molecule has 18 heteroatoms. The summed E-state index contributed by atoms with van der Waals surface area (Å²) in [5, 5.41) is 16.6. The number of piperazine rings is 1. The molecule has 4 fully saturated rings. The van der Waals surface area contributed by atoms with E-state index < -0.39 is 41.4 Å². The topological polar surface area (TPSA) is 164 Å². The van der Waals surface area contributed by atoms with Crippen LogP contribution >= 0.6 is 0 Å². The van der Waals surface area contributed by atoms with Gasteiger partial charge in [0.25, 0.3) is 17.7 Å². The van der Waals surface area contributed by atoms with Crippen molar-refractivity contribution in [3.63, 3.8) is 0 Å². The number of imidazole rings is 1. The molecule has 3 saturated heterocycles. The monoisotopic (exact) mass is 855 g/mol. The molecule has 5 heterocycles. The van der Waals surface area contributed by atoms with Gasteiger partial charge >= 0.3 is 12.2 Å². The van der Waals surface area contributed by atoms with E-state index in [1.54, 1.807) is 12.1 Å². The number of fused-ring (bicyclic) bond motifs is 2. The fourth-order valence-corrected chi connectivity index (χ4v) is 9.64. The number of carbonyl (C=O) groups excluding carboxylic acids is 5. The van der Waals surface area contributed by atoms with E-state index in [9.17, 15) is 42.3 Å². The Kier molecular flexibility index (Phi) is 11.1. The third-order valence-corrected chi connectivity index (χ3v) is 13.1. The van der Waals surface area contributed by atoms with E-state index in [4.69, 9.17) is 4.98 Å². The molecule has 62 heavy (non-hydrogen) atoms. The maximum absolute atomic E-state index is 13.5. The molecule has 326 valence electrons. The number of halogens is 3. The molecule has 3 aromatic carbocycles. The van der Waals surface area contributed by atoms with Gasteiger partial charge in [0, 0.05) is 81.8 Å². The highest BCUT2D eigenvalue weighted by molar-refractivity contribution is 6.22. The first kappa shape index (κ1) is 41.3. The summed E-state index contributed by atoms with van der Waals surface area (Å²) < 4.78 is 42.4. The highest BCUT2D eigenvalue weighted by Gasteiger charge is 2.43. The molecule has 0 unspecified atom stereocenters. The number of hydrogen-bond donors (Lipinski definition) is 3. The number of aliphatic hydroxyl groups excluding tert-OH is 1. The fraction of sp³-hybridized carbons (Fsp3) is 0.455. The van der Waals surface area contributed by atoms with Gasteiger partial charge in [0.2, 0.25) is 11.9 Å². The predicted octanol–water partition coefficient (Wildman–Crippen LogP) is 5.52. The molecular weight excluding hydrogens is 808 g/mol. The first-order valence-electron chi connectivity index (χ1n) is 21.3. The Morgan fingerprint density at radius 3 is 2.18 bits per heavy atom. The summed E-state index contributed by atoms with van der Waals surface area (Å²) in [4.78, 5) is 75.7. The van der Waals surface area contributed by atoms with E-state index >= 15 is 0 Å². The van der Waals surface area contributed by atoms with E-state index in [0.717, 1.165) is 123 Å². The normalized spacial score (nSPS) is 21.8. The Labute approximate surface area is 355 Å². The first-order chi connectivity index (χ1) is 29.8. The van der Waals surface area contributed by atoms with Crippen molar-refractivity contribution in [3.8, 4) is 0 Å². The van der Waals surface area contributed by atoms with Gasteiger partial charge in [-0.1, -0.05) is 6.07 Å². The van der Waals surface area contributed by atoms with Gasteiger partial charge in [-0.05, 0) is 105 Å². The van der Waals surface area contributed by atoms with Crippen LogP contribution in [-0.2, 0) is 11.0 Å². The maximum atomic E-state index is 13.5. The van der Waals surface area contributed by atoms with Crippen LogP contribution in [0.4, 0.5) is 35.3 Å². The number of nitrogens with zero attached hydrogens (tertiary/aromatic N) is 7. The number of hydrogen-bond acceptors (Lipinski definition) is 10. The lowest BCUT2D eigenvalue weighted by molar-refractivity contribution is -0.137. The Hall–Kier alpha value is -6.01. The molecule has 1 saturated carbocycles. The third kappa shape index (κ3) is 8.08. The van der Waals surface area contributed by atoms with Gasteiger partial charge in [-0.25, -0.2) is 14.8 Å². The van der Waals surface area contributed by atoms with Gasteiger partial charge < -0.3 is 19.5 Å². The van der Waals surface area contributed by atoms with E-state index in [-0.39, 0.29) is 54.2 Å². The molecule has 6 amide bonds. The number of aromatic nitrogens is 2. The van der Waals surface area contributed by atoms with Crippen LogP contribution in [0.5, 0.6) is 0 Å². The van der Waals surface area contributed by atoms with Gasteiger partial charge in [0.15, 0.2) is 0 Å². The Morgan fingerprint density at radius 2 is 1.47 bits per heavy atom. The summed E-state index contributed by atoms with van der Waals surface area (Å²) in [6, 6.07) is 14.9. The highest BCUT2D eigenvalue weighted by Crippen LogP contribution is 2.38. The fourth-order valence-electron chi connectivity index (χ4n) is 9.64. The number of hydrazine groups is 1. The van der Waals surface area contributed by atoms with E-state index in [0.29, 0.717) is 11.4 Å². The molecule has 0 bridgehead atoms. The highest BCUT2D eigenvalue weighted by atomic mass is 19.4. The molecule has 9 rings (SSSR count). The van der Waals surface area contributed by atoms with Gasteiger partial charge in [-0.2, -0.15) is 18.2 Å². The standard InChI is InChI=1S/C44H48F3N9O6/c45-44(46,47)30-3-1-2-29(22-30)39(59)50-42-48-36-24-33(9-11-37(36)55(42)31-6-4-28(26-57)5-7-31)53-20-18-51(19-21-53)25-27-12-15-52(16-13-27)32-8-10-34-35(23-32)41(61)56(40(34)60)54-17-14-38(58)49-43(54)62/h1-3,8-11,22-24,27-28,31,57H,4-7,12-21,25-26H2,(H,48,50,59)(H,49,58,62). The summed E-state index contributed by atoms with van der Waals surface area (Å²) in [5.74, 6) is -1.30. The van der Waals surface area contributed by atoms with Crippen LogP contribution in [0.25, 0.3) is 11.0 Å². The van der Waals surface area contributed by atoms with Gasteiger partial charge in [-0.3, -0.25) is 34.7 Å². The van der Waals surface area contributed by atoms with E-state index in [1.807, 2.05) is 22.8 Å². The average Bonchev–Trinajstić information content (AvgIpc) is 3.75. The molecule has 3 N–H and O–H groups in total. The molecule has 0 spiro atoms. The van der Waals surface area contributed by atoms with Crippen molar-refractivity contribution in [2.24, 2.45) is 11.8 Å². The van der Waals surface area contributed by atoms with Crippen LogP contribution in [-0.4, -0.2) is 118 Å². The summed E-state index contributed by atoms with van der Waals surface area (Å²) >= 11 is 0. The SMILES string of the molecule is O=C1CCN(N2C(=O)c3ccc(N4CCC(CN5CCN(c6ccc7c(c6)nc(NC(=O)c6cccc(C(F)(F)F)c6)n7C6CCC(CO)CC6)CC5)CC4)cc3C2=O)C(=O)N1. The Bertz CT molecular complexity index is 2420. The zero-order valence-electron chi connectivity index (χ0n) is 34.1. The second-order valence-corrected chi connectivity index (χ2v) is 17.0. The molecule has 5 aliphatic rings. The first-order valence-corrected chi connectivity index (χ1v) is 21.3. The zero-order chi connectivity index (χ0) is 43.3. The molecular formula is C44H48F3N9O6. The van der Waals surface area contributed by atoms with Crippen molar-refractivity contribution < 1.29 is 42.3 Å². The maximum Gasteiger partial charge on any atom is 0.416 e. The molecule has 0 atom stereocenters. The lowest BCUT2D eigenvalue weighted by Crippen LogP contribution is -2.58. The predicted molar refractivity (Wildman–Crippen MR) is 223 cm³/mol. The number of piperidine rings is 1. The number of imide groups is 2. The number of anilines is 3. The molecule has 1 aromatic heterocycles. The molecule has 4 aromatic rings. The van der Waals surface area contributed by atoms with Gasteiger partial charge in [0.05, 0.1) is 34.3 Å². The number of aliphatic hydroxyl groups is 1. The minimum Gasteiger partial charge on any atom is -0.396 e. The molecule has 15 nitrogen and oxygen atoms in total. The minimum absolute atomic E-state index is 0.000316. The van der Waals surface area contributed by atoms with Crippen LogP contribution < -0.4 is 20.4 Å². The number of benzene rings is 3. The summed E-state index contributed by atoms with van der Waals surface area (Å²) in [6.07, 6.45) is 0.522. The van der Waals surface area contributed by atoms with Crippen LogP contribution in [0.1, 0.15) is 87.6 Å². The number of rotatable bonds is 9. The molecule has 4 aliphatic heterocycles. The van der Waals surface area contributed by atoms with Crippen molar-refractivity contribution in [1.29, 1.82) is 0 Å². The summed E-state index contributed by atoms with van der Waals surface area (Å²) in [6.45, 7) is 5.99. The van der Waals surface area contributed by atoms with E-state index in [2.05, 4.69) is 31.4 Å². The van der Waals surface area contributed by atoms with Gasteiger partial charge in [-0.15, -0.1) is 0 Å². The average molecular weight is 856 g/mol. The third-order valence-electron chi connectivity index (χ3n) is 13.1. The van der Waals surface area contributed by atoms with Crippen LogP contribution in [0, 0.1) is 11.8 Å². The quantitative estimate of drug-likeness (QED) is 0.183. The van der Waals surface area contributed by atoms with Crippen molar-refractivity contribution in [3.05, 3.63) is 82.9 Å². The summed E-state index contributed by atoms with van der Waals surface area (Å²) in [5.41, 5.74) is 2.83. The lowest BCUT2D eigenvalue weighted by Gasteiger charge is -2.40. The van der Waals surface area contributed by atoms with Crippen LogP contribution in [0.2, 0.25) is 0 Å². The lowest BCUT2D eigenvalue weighted by atomic mass is 9.86. The number of carbonyl (C=O) groups is 5. The second kappa shape index (κ2) is 16.7. The van der Waals surface area contributed by atoms with Crippen molar-refractivity contribution in [1.82, 2.24) is 29.8 Å².